The summed E-state index contributed by atoms with van der Waals surface area (Å²) in [4.78, 5) is 12.9. The second kappa shape index (κ2) is 10.3. The van der Waals surface area contributed by atoms with Gasteiger partial charge in [0.2, 0.25) is 6.79 Å². The first-order valence-electron chi connectivity index (χ1n) is 10.8. The van der Waals surface area contributed by atoms with Crippen LogP contribution in [0, 0.1) is 11.8 Å². The third-order valence-corrected chi connectivity index (χ3v) is 5.97. The Morgan fingerprint density at radius 2 is 2.06 bits per heavy atom. The summed E-state index contributed by atoms with van der Waals surface area (Å²) in [7, 11) is 0. The van der Waals surface area contributed by atoms with Gasteiger partial charge < -0.3 is 14.6 Å². The van der Waals surface area contributed by atoms with Crippen LogP contribution < -0.4 is 9.47 Å². The summed E-state index contributed by atoms with van der Waals surface area (Å²) < 4.78 is 11.0. The van der Waals surface area contributed by atoms with Gasteiger partial charge in [0.15, 0.2) is 11.5 Å². The molecule has 31 heavy (non-hydrogen) atoms. The van der Waals surface area contributed by atoms with E-state index in [9.17, 15) is 4.79 Å². The fourth-order valence-electron chi connectivity index (χ4n) is 4.40. The zero-order valence-corrected chi connectivity index (χ0v) is 17.4. The number of hydrogen-bond acceptors (Lipinski definition) is 7. The van der Waals surface area contributed by atoms with Crippen LogP contribution in [0.4, 0.5) is 0 Å². The van der Waals surface area contributed by atoms with E-state index in [-0.39, 0.29) is 31.2 Å². The smallest absolute Gasteiger partial charge is 0.231 e. The minimum Gasteiger partial charge on any atom is -0.454 e. The van der Waals surface area contributed by atoms with Crippen molar-refractivity contribution in [2.45, 2.75) is 44.4 Å². The van der Waals surface area contributed by atoms with Gasteiger partial charge in [-0.2, -0.15) is 0 Å². The first-order chi connectivity index (χ1) is 15.3. The summed E-state index contributed by atoms with van der Waals surface area (Å²) in [5, 5.41) is 23.0. The summed E-state index contributed by atoms with van der Waals surface area (Å²) in [6.07, 6.45) is 12.9. The first-order valence-corrected chi connectivity index (χ1v) is 10.8. The highest BCUT2D eigenvalue weighted by Gasteiger charge is 2.41. The molecular formula is C23H28N4O4. The van der Waals surface area contributed by atoms with Crippen LogP contribution >= 0.6 is 0 Å². The van der Waals surface area contributed by atoms with E-state index in [0.29, 0.717) is 18.6 Å². The highest BCUT2D eigenvalue weighted by molar-refractivity contribution is 5.85. The molecule has 0 amide bonds. The van der Waals surface area contributed by atoms with Crippen LogP contribution in [0.3, 0.4) is 0 Å². The lowest BCUT2D eigenvalue weighted by atomic mass is 9.83. The molecule has 3 atom stereocenters. The van der Waals surface area contributed by atoms with Gasteiger partial charge in [-0.25, -0.2) is 5.10 Å². The Morgan fingerprint density at radius 3 is 2.90 bits per heavy atom. The largest absolute Gasteiger partial charge is 0.454 e. The summed E-state index contributed by atoms with van der Waals surface area (Å²) >= 11 is 0. The highest BCUT2D eigenvalue weighted by Crippen LogP contribution is 2.46. The van der Waals surface area contributed by atoms with Crippen LogP contribution in [-0.2, 0) is 11.2 Å². The third kappa shape index (κ3) is 5.19. The zero-order chi connectivity index (χ0) is 21.5. The van der Waals surface area contributed by atoms with E-state index in [1.165, 1.54) is 0 Å². The van der Waals surface area contributed by atoms with Gasteiger partial charge in [-0.15, -0.1) is 5.10 Å². The number of benzene rings is 1. The minimum absolute atomic E-state index is 0.0555. The molecule has 1 aliphatic carbocycles. The summed E-state index contributed by atoms with van der Waals surface area (Å²) in [6.45, 7) is 0.347. The molecular weight excluding hydrogens is 396 g/mol. The summed E-state index contributed by atoms with van der Waals surface area (Å²) in [6, 6.07) is 5.96. The molecule has 0 radical (unpaired) electrons. The van der Waals surface area contributed by atoms with Crippen LogP contribution in [0.1, 0.15) is 49.4 Å². The molecule has 2 heterocycles. The standard InChI is InChI=1S/C23H28N4O4/c28-12-6-5-7-17-18(8-3-1-2-4-9-23-24-26-27-25-23)20(29)14-19(17)16-10-11-21-22(13-16)31-15-30-21/h1,3,5,7,10-11,13,17-19,28H,2,4,6,8-9,12,14-15H2,(H,24,25,26,27). The van der Waals surface area contributed by atoms with Crippen molar-refractivity contribution in [2.24, 2.45) is 11.8 Å². The predicted molar refractivity (Wildman–Crippen MR) is 114 cm³/mol. The fourth-order valence-corrected chi connectivity index (χ4v) is 4.40. The topological polar surface area (TPSA) is 110 Å². The predicted octanol–water partition coefficient (Wildman–Crippen LogP) is 3.13. The third-order valence-electron chi connectivity index (χ3n) is 5.97. The van der Waals surface area contributed by atoms with Crippen molar-refractivity contribution in [1.29, 1.82) is 0 Å². The number of ether oxygens (including phenoxy) is 2. The van der Waals surface area contributed by atoms with E-state index in [0.717, 1.165) is 48.6 Å². The van der Waals surface area contributed by atoms with Crippen molar-refractivity contribution >= 4 is 5.78 Å². The molecule has 1 saturated carbocycles. The molecule has 2 aliphatic rings. The first kappa shape index (κ1) is 21.2. The quantitative estimate of drug-likeness (QED) is 0.445. The monoisotopic (exact) mass is 424 g/mol. The Hall–Kier alpha value is -3.00. The van der Waals surface area contributed by atoms with Crippen LogP contribution in [0.25, 0.3) is 0 Å². The molecule has 0 saturated heterocycles. The number of Topliss-reactive ketones (excluding diaryl/α,β-unsaturated/α-hetero) is 1. The summed E-state index contributed by atoms with van der Waals surface area (Å²) in [5.41, 5.74) is 1.10. The number of aliphatic hydroxyl groups is 1. The number of carbonyl (C=O) groups excluding carboxylic acids is 1. The van der Waals surface area contributed by atoms with E-state index >= 15 is 0 Å². The van der Waals surface area contributed by atoms with E-state index in [4.69, 9.17) is 14.6 Å². The van der Waals surface area contributed by atoms with Crippen molar-refractivity contribution in [3.05, 3.63) is 53.9 Å². The maximum absolute atomic E-state index is 12.9. The number of H-pyrrole nitrogens is 1. The number of tetrazole rings is 1. The van der Waals surface area contributed by atoms with Gasteiger partial charge >= 0.3 is 0 Å². The number of unbranched alkanes of at least 4 members (excludes halogenated alkanes) is 1. The minimum atomic E-state index is -0.0555. The molecule has 4 rings (SSSR count). The Balaban J connectivity index is 1.40. The lowest BCUT2D eigenvalue weighted by Crippen LogP contribution is -2.14. The van der Waals surface area contributed by atoms with Crippen LogP contribution in [0.2, 0.25) is 0 Å². The average molecular weight is 425 g/mol. The number of allylic oxidation sites excluding steroid dienone is 3. The average Bonchev–Trinajstić information content (AvgIpc) is 3.52. The molecule has 3 unspecified atom stereocenters. The molecule has 1 aromatic carbocycles. The number of nitrogens with one attached hydrogen (secondary N) is 1. The number of fused-ring (bicyclic) bond motifs is 1. The number of aryl methyl sites for hydroxylation is 1. The highest BCUT2D eigenvalue weighted by atomic mass is 16.7. The normalized spacial score (nSPS) is 22.9. The number of carbonyl (C=O) groups is 1. The molecule has 8 nitrogen and oxygen atoms in total. The van der Waals surface area contributed by atoms with E-state index < -0.39 is 0 Å². The Labute approximate surface area is 181 Å². The van der Waals surface area contributed by atoms with Crippen LogP contribution in [0.5, 0.6) is 11.5 Å². The molecule has 0 spiro atoms. The molecule has 0 bridgehead atoms. The van der Waals surface area contributed by atoms with Crippen LogP contribution in [0.15, 0.2) is 42.5 Å². The van der Waals surface area contributed by atoms with Gasteiger partial charge in [0.25, 0.3) is 0 Å². The number of aromatic nitrogens is 4. The zero-order valence-electron chi connectivity index (χ0n) is 17.4. The maximum Gasteiger partial charge on any atom is 0.231 e. The number of nitrogens with zero attached hydrogens (tertiary/aromatic N) is 3. The Kier molecular flexibility index (Phi) is 7.09. The Morgan fingerprint density at radius 1 is 1.16 bits per heavy atom. The number of rotatable bonds is 10. The van der Waals surface area contributed by atoms with Crippen molar-refractivity contribution in [2.75, 3.05) is 13.4 Å². The van der Waals surface area contributed by atoms with E-state index in [1.807, 2.05) is 24.3 Å². The van der Waals surface area contributed by atoms with Crippen molar-refractivity contribution < 1.29 is 19.4 Å². The van der Waals surface area contributed by atoms with Gasteiger partial charge in [0, 0.05) is 25.4 Å². The van der Waals surface area contributed by atoms with Crippen molar-refractivity contribution in [3.63, 3.8) is 0 Å². The van der Waals surface area contributed by atoms with E-state index in [1.54, 1.807) is 0 Å². The van der Waals surface area contributed by atoms with Crippen molar-refractivity contribution in [1.82, 2.24) is 20.6 Å². The molecule has 164 valence electrons. The molecule has 2 aromatic rings. The van der Waals surface area contributed by atoms with Crippen LogP contribution in [-0.4, -0.2) is 44.9 Å². The van der Waals surface area contributed by atoms with Gasteiger partial charge in [-0.3, -0.25) is 4.79 Å². The molecule has 8 heteroatoms. The number of aromatic amines is 1. The maximum atomic E-state index is 12.9. The summed E-state index contributed by atoms with van der Waals surface area (Å²) in [5.74, 6) is 2.73. The lowest BCUT2D eigenvalue weighted by Gasteiger charge is -2.21. The number of hydrogen-bond donors (Lipinski definition) is 2. The second-order valence-electron chi connectivity index (χ2n) is 7.96. The van der Waals surface area contributed by atoms with Gasteiger partial charge in [-0.1, -0.05) is 30.4 Å². The van der Waals surface area contributed by atoms with Gasteiger partial charge in [0.05, 0.1) is 0 Å². The lowest BCUT2D eigenvalue weighted by molar-refractivity contribution is -0.120. The van der Waals surface area contributed by atoms with E-state index in [2.05, 4.69) is 38.9 Å². The fraction of sp³-hybridized carbons (Fsp3) is 0.478. The molecule has 1 fully saturated rings. The molecule has 1 aliphatic heterocycles. The van der Waals surface area contributed by atoms with Crippen molar-refractivity contribution in [3.8, 4) is 11.5 Å². The SMILES string of the molecule is O=C1CC(c2ccc3c(c2)OCO3)C(C=CCCO)C1CC=CCCCc1nnn[nH]1. The Bertz CT molecular complexity index is 926. The molecule has 1 aromatic heterocycles. The number of aliphatic hydroxyl groups excluding tert-OH is 1. The van der Waals surface area contributed by atoms with Gasteiger partial charge in [-0.05, 0) is 65.6 Å². The number of ketones is 1. The van der Waals surface area contributed by atoms with Gasteiger partial charge in [0.1, 0.15) is 11.6 Å². The second-order valence-corrected chi connectivity index (χ2v) is 7.96. The molecule has 2 N–H and O–H groups in total.